The Kier molecular flexibility index (Phi) is 5.61. The molecule has 1 amide bonds. The Hall–Kier alpha value is -1.33. The molecule has 1 N–H and O–H groups in total. The van der Waals surface area contributed by atoms with Crippen LogP contribution in [0.5, 0.6) is 5.88 Å². The molecule has 0 radical (unpaired) electrons. The fourth-order valence-electron chi connectivity index (χ4n) is 1.88. The molecule has 110 valence electrons. The van der Waals surface area contributed by atoms with Crippen LogP contribution >= 0.6 is 11.6 Å². The minimum absolute atomic E-state index is 0.00997. The van der Waals surface area contributed by atoms with Gasteiger partial charge in [-0.1, -0.05) is 24.9 Å². The number of hydrogen-bond donors (Lipinski definition) is 1. The van der Waals surface area contributed by atoms with Gasteiger partial charge in [0.2, 0.25) is 5.88 Å². The maximum atomic E-state index is 11.9. The smallest absolute Gasteiger partial charge is 0.252 e. The highest BCUT2D eigenvalue weighted by atomic mass is 35.5. The second kappa shape index (κ2) is 7.45. The molecule has 5 nitrogen and oxygen atoms in total. The van der Waals surface area contributed by atoms with Crippen molar-refractivity contribution in [1.29, 1.82) is 0 Å². The van der Waals surface area contributed by atoms with E-state index in [9.17, 15) is 4.79 Å². The van der Waals surface area contributed by atoms with Crippen LogP contribution in [0.15, 0.2) is 12.3 Å². The van der Waals surface area contributed by atoms with E-state index in [2.05, 4.69) is 17.2 Å². The van der Waals surface area contributed by atoms with Gasteiger partial charge in [-0.05, 0) is 12.5 Å². The van der Waals surface area contributed by atoms with E-state index in [0.717, 1.165) is 19.3 Å². The van der Waals surface area contributed by atoms with Crippen molar-refractivity contribution in [3.63, 3.8) is 0 Å². The number of carbonyl (C=O) groups is 1. The standard InChI is InChI=1S/C14H19ClN2O3/c1-2-3-5-16-13(18)10-7-12(15)14(17-8-10)20-11-4-6-19-9-11/h7-8,11H,2-6,9H2,1H3,(H,16,18). The Morgan fingerprint density at radius 3 is 3.15 bits per heavy atom. The molecule has 2 heterocycles. The number of aromatic nitrogens is 1. The number of pyridine rings is 1. The lowest BCUT2D eigenvalue weighted by molar-refractivity contribution is 0.0952. The van der Waals surface area contributed by atoms with E-state index < -0.39 is 0 Å². The highest BCUT2D eigenvalue weighted by Crippen LogP contribution is 2.25. The maximum absolute atomic E-state index is 11.9. The van der Waals surface area contributed by atoms with Gasteiger partial charge in [0.1, 0.15) is 11.1 Å². The third-order valence-corrected chi connectivity index (χ3v) is 3.32. The number of rotatable bonds is 6. The molecule has 20 heavy (non-hydrogen) atoms. The van der Waals surface area contributed by atoms with Crippen molar-refractivity contribution in [3.05, 3.63) is 22.8 Å². The summed E-state index contributed by atoms with van der Waals surface area (Å²) in [4.78, 5) is 16.0. The highest BCUT2D eigenvalue weighted by molar-refractivity contribution is 6.32. The van der Waals surface area contributed by atoms with Gasteiger partial charge in [0.25, 0.3) is 5.91 Å². The number of amides is 1. The number of hydrogen-bond acceptors (Lipinski definition) is 4. The molecule has 1 saturated heterocycles. The second-order valence-corrected chi connectivity index (χ2v) is 5.13. The van der Waals surface area contributed by atoms with Crippen LogP contribution in [0, 0.1) is 0 Å². The summed E-state index contributed by atoms with van der Waals surface area (Å²) in [6.07, 6.45) is 4.30. The van der Waals surface area contributed by atoms with Gasteiger partial charge in [-0.15, -0.1) is 0 Å². The number of unbranched alkanes of at least 4 members (excludes halogenated alkanes) is 1. The predicted octanol–water partition coefficient (Wildman–Crippen LogP) is 2.43. The summed E-state index contributed by atoms with van der Waals surface area (Å²) >= 11 is 6.10. The second-order valence-electron chi connectivity index (χ2n) is 4.72. The van der Waals surface area contributed by atoms with Crippen molar-refractivity contribution in [1.82, 2.24) is 10.3 Å². The average Bonchev–Trinajstić information content (AvgIpc) is 2.94. The average molecular weight is 299 g/mol. The Labute approximate surface area is 123 Å². The monoisotopic (exact) mass is 298 g/mol. The molecule has 1 aliphatic rings. The molecule has 1 aromatic heterocycles. The zero-order valence-electron chi connectivity index (χ0n) is 11.5. The van der Waals surface area contributed by atoms with Crippen molar-refractivity contribution >= 4 is 17.5 Å². The Balaban J connectivity index is 1.95. The zero-order valence-corrected chi connectivity index (χ0v) is 12.3. The Bertz CT molecular complexity index is 462. The molecule has 6 heteroatoms. The van der Waals surface area contributed by atoms with E-state index in [1.165, 1.54) is 6.20 Å². The molecule has 0 aliphatic carbocycles. The molecule has 2 rings (SSSR count). The minimum Gasteiger partial charge on any atom is -0.471 e. The van der Waals surface area contributed by atoms with Crippen LogP contribution < -0.4 is 10.1 Å². The van der Waals surface area contributed by atoms with Crippen molar-refractivity contribution in [2.24, 2.45) is 0 Å². The van der Waals surface area contributed by atoms with E-state index in [4.69, 9.17) is 21.1 Å². The first-order valence-corrected chi connectivity index (χ1v) is 7.26. The summed E-state index contributed by atoms with van der Waals surface area (Å²) in [5, 5.41) is 3.17. The van der Waals surface area contributed by atoms with Crippen LogP contribution in [-0.4, -0.2) is 36.8 Å². The molecule has 0 saturated carbocycles. The van der Waals surface area contributed by atoms with Gasteiger partial charge < -0.3 is 14.8 Å². The summed E-state index contributed by atoms with van der Waals surface area (Å²) in [5.74, 6) is 0.191. The van der Waals surface area contributed by atoms with E-state index in [-0.39, 0.29) is 12.0 Å². The predicted molar refractivity (Wildman–Crippen MR) is 76.3 cm³/mol. The van der Waals surface area contributed by atoms with Gasteiger partial charge in [0, 0.05) is 19.2 Å². The zero-order chi connectivity index (χ0) is 14.4. The van der Waals surface area contributed by atoms with Gasteiger partial charge in [-0.25, -0.2) is 4.98 Å². The van der Waals surface area contributed by atoms with Gasteiger partial charge in [0.05, 0.1) is 18.8 Å². The first-order valence-electron chi connectivity index (χ1n) is 6.89. The molecule has 0 aromatic carbocycles. The SMILES string of the molecule is CCCCNC(=O)c1cnc(OC2CCOC2)c(Cl)c1. The maximum Gasteiger partial charge on any atom is 0.252 e. The number of nitrogens with one attached hydrogen (secondary N) is 1. The topological polar surface area (TPSA) is 60.5 Å². The number of carbonyl (C=O) groups excluding carboxylic acids is 1. The normalized spacial score (nSPS) is 18.0. The van der Waals surface area contributed by atoms with Gasteiger partial charge >= 0.3 is 0 Å². The van der Waals surface area contributed by atoms with Crippen LogP contribution in [0.2, 0.25) is 5.02 Å². The fourth-order valence-corrected chi connectivity index (χ4v) is 2.09. The lowest BCUT2D eigenvalue weighted by atomic mass is 10.2. The van der Waals surface area contributed by atoms with Crippen LogP contribution in [0.4, 0.5) is 0 Å². The number of halogens is 1. The van der Waals surface area contributed by atoms with Crippen LogP contribution in [0.1, 0.15) is 36.5 Å². The lowest BCUT2D eigenvalue weighted by Crippen LogP contribution is -2.24. The summed E-state index contributed by atoms with van der Waals surface area (Å²) in [6, 6.07) is 1.58. The first-order chi connectivity index (χ1) is 9.70. The van der Waals surface area contributed by atoms with Crippen LogP contribution in [0.25, 0.3) is 0 Å². The summed E-state index contributed by atoms with van der Waals surface area (Å²) in [5.41, 5.74) is 0.445. The third-order valence-electron chi connectivity index (χ3n) is 3.05. The molecule has 1 unspecified atom stereocenters. The Morgan fingerprint density at radius 2 is 2.50 bits per heavy atom. The summed E-state index contributed by atoms with van der Waals surface area (Å²) in [7, 11) is 0. The van der Waals surface area contributed by atoms with Gasteiger partial charge in [0.15, 0.2) is 0 Å². The largest absolute Gasteiger partial charge is 0.471 e. The molecule has 0 spiro atoms. The summed E-state index contributed by atoms with van der Waals surface area (Å²) in [6.45, 7) is 3.98. The van der Waals surface area contributed by atoms with Crippen molar-refractivity contribution < 1.29 is 14.3 Å². The van der Waals surface area contributed by atoms with Gasteiger partial charge in [-0.2, -0.15) is 0 Å². The molecule has 0 bridgehead atoms. The first kappa shape index (κ1) is 15.1. The van der Waals surface area contributed by atoms with E-state index in [0.29, 0.717) is 36.2 Å². The van der Waals surface area contributed by atoms with Gasteiger partial charge in [-0.3, -0.25) is 4.79 Å². The van der Waals surface area contributed by atoms with Crippen LogP contribution in [-0.2, 0) is 4.74 Å². The van der Waals surface area contributed by atoms with E-state index in [1.807, 2.05) is 0 Å². The quantitative estimate of drug-likeness (QED) is 0.820. The summed E-state index contributed by atoms with van der Waals surface area (Å²) < 4.78 is 10.9. The number of nitrogens with zero attached hydrogens (tertiary/aromatic N) is 1. The molecule has 1 atom stereocenters. The van der Waals surface area contributed by atoms with Crippen molar-refractivity contribution in [3.8, 4) is 5.88 Å². The van der Waals surface area contributed by atoms with Crippen LogP contribution in [0.3, 0.4) is 0 Å². The fraction of sp³-hybridized carbons (Fsp3) is 0.571. The molecule has 1 fully saturated rings. The molecular weight excluding hydrogens is 280 g/mol. The minimum atomic E-state index is -0.163. The molecule has 1 aromatic rings. The number of ether oxygens (including phenoxy) is 2. The van der Waals surface area contributed by atoms with Crippen molar-refractivity contribution in [2.45, 2.75) is 32.3 Å². The highest BCUT2D eigenvalue weighted by Gasteiger charge is 2.19. The Morgan fingerprint density at radius 1 is 1.65 bits per heavy atom. The molecular formula is C14H19ClN2O3. The lowest BCUT2D eigenvalue weighted by Gasteiger charge is -2.12. The molecule has 1 aliphatic heterocycles. The van der Waals surface area contributed by atoms with E-state index in [1.54, 1.807) is 6.07 Å². The third kappa shape index (κ3) is 4.08. The van der Waals surface area contributed by atoms with Crippen molar-refractivity contribution in [2.75, 3.05) is 19.8 Å². The van der Waals surface area contributed by atoms with E-state index >= 15 is 0 Å².